The largest absolute Gasteiger partial charge is 0.489 e. The highest BCUT2D eigenvalue weighted by Gasteiger charge is 2.13. The second-order valence-electron chi connectivity index (χ2n) is 6.86. The van der Waals surface area contributed by atoms with E-state index in [1.807, 2.05) is 50.2 Å². The summed E-state index contributed by atoms with van der Waals surface area (Å²) in [5.41, 5.74) is 3.74. The van der Waals surface area contributed by atoms with E-state index in [4.69, 9.17) is 21.1 Å². The third-order valence-electron chi connectivity index (χ3n) is 4.37. The molecular weight excluding hydrogens is 402 g/mol. The molecule has 3 aromatic rings. The van der Waals surface area contributed by atoms with Crippen LogP contribution in [0, 0.1) is 13.8 Å². The molecule has 0 aromatic heterocycles. The van der Waals surface area contributed by atoms with Crippen LogP contribution >= 0.6 is 11.6 Å². The van der Waals surface area contributed by atoms with Crippen molar-refractivity contribution >= 4 is 29.2 Å². The summed E-state index contributed by atoms with van der Waals surface area (Å²) in [5, 5.41) is 3.13. The van der Waals surface area contributed by atoms with E-state index in [2.05, 4.69) is 5.32 Å². The molecule has 3 rings (SSSR count). The van der Waals surface area contributed by atoms with E-state index in [-0.39, 0.29) is 0 Å². The number of rotatable bonds is 7. The Bertz CT molecular complexity index is 1010. The van der Waals surface area contributed by atoms with Crippen LogP contribution in [0.15, 0.2) is 66.7 Å². The van der Waals surface area contributed by atoms with Crippen molar-refractivity contribution in [3.05, 3.63) is 94.0 Å². The third kappa shape index (κ3) is 5.84. The van der Waals surface area contributed by atoms with Crippen LogP contribution in [0.1, 0.15) is 27.0 Å². The number of carbonyl (C=O) groups excluding carboxylic acids is 2. The van der Waals surface area contributed by atoms with Crippen molar-refractivity contribution in [2.75, 3.05) is 11.9 Å². The number of halogens is 1. The Morgan fingerprint density at radius 2 is 1.67 bits per heavy atom. The first kappa shape index (κ1) is 21.4. The van der Waals surface area contributed by atoms with Crippen molar-refractivity contribution in [2.45, 2.75) is 20.5 Å². The number of carbonyl (C=O) groups is 2. The number of hydrogen-bond donors (Lipinski definition) is 1. The minimum atomic E-state index is -0.591. The molecule has 0 radical (unpaired) electrons. The van der Waals surface area contributed by atoms with Crippen LogP contribution < -0.4 is 10.1 Å². The lowest BCUT2D eigenvalue weighted by Gasteiger charge is -2.12. The van der Waals surface area contributed by atoms with Gasteiger partial charge in [-0.05, 0) is 60.9 Å². The summed E-state index contributed by atoms with van der Waals surface area (Å²) in [5.74, 6) is -0.413. The first-order valence-corrected chi connectivity index (χ1v) is 9.80. The second-order valence-corrected chi connectivity index (χ2v) is 7.27. The number of esters is 1. The van der Waals surface area contributed by atoms with Crippen molar-refractivity contribution < 1.29 is 19.1 Å². The Labute approximate surface area is 180 Å². The molecule has 0 spiro atoms. The first-order chi connectivity index (χ1) is 14.4. The maximum Gasteiger partial charge on any atom is 0.338 e. The first-order valence-electron chi connectivity index (χ1n) is 9.43. The fourth-order valence-corrected chi connectivity index (χ4v) is 3.26. The van der Waals surface area contributed by atoms with Crippen molar-refractivity contribution in [3.63, 3.8) is 0 Å². The topological polar surface area (TPSA) is 64.6 Å². The Hall–Kier alpha value is -3.31. The lowest BCUT2D eigenvalue weighted by molar-refractivity contribution is -0.119. The van der Waals surface area contributed by atoms with Gasteiger partial charge in [-0.3, -0.25) is 4.79 Å². The highest BCUT2D eigenvalue weighted by Crippen LogP contribution is 2.27. The summed E-state index contributed by atoms with van der Waals surface area (Å²) in [7, 11) is 0. The highest BCUT2D eigenvalue weighted by atomic mass is 35.5. The van der Waals surface area contributed by atoms with Crippen molar-refractivity contribution in [2.24, 2.45) is 0 Å². The van der Waals surface area contributed by atoms with E-state index in [9.17, 15) is 9.59 Å². The molecule has 0 aliphatic rings. The Morgan fingerprint density at radius 3 is 2.33 bits per heavy atom. The van der Waals surface area contributed by atoms with Crippen LogP contribution in [-0.2, 0) is 16.1 Å². The summed E-state index contributed by atoms with van der Waals surface area (Å²) >= 11 is 6.18. The number of anilines is 1. The Balaban J connectivity index is 1.50. The van der Waals surface area contributed by atoms with Crippen molar-refractivity contribution in [1.82, 2.24) is 0 Å². The second kappa shape index (κ2) is 9.94. The minimum Gasteiger partial charge on any atom is -0.489 e. The number of ether oxygens (including phenoxy) is 2. The SMILES string of the molecule is Cc1cc(C)c(NC(=O)COC(=O)c2ccc(OCc3ccccc3)cc2)c(Cl)c1. The predicted octanol–water partition coefficient (Wildman–Crippen LogP) is 5.33. The lowest BCUT2D eigenvalue weighted by Crippen LogP contribution is -2.21. The van der Waals surface area contributed by atoms with Gasteiger partial charge in [0.05, 0.1) is 16.3 Å². The van der Waals surface area contributed by atoms with Crippen LogP contribution in [0.4, 0.5) is 5.69 Å². The summed E-state index contributed by atoms with van der Waals surface area (Å²) in [6, 6.07) is 20.0. The molecule has 0 saturated carbocycles. The van der Waals surface area contributed by atoms with Gasteiger partial charge in [-0.1, -0.05) is 48.0 Å². The van der Waals surface area contributed by atoms with Crippen molar-refractivity contribution in [1.29, 1.82) is 0 Å². The van der Waals surface area contributed by atoms with Gasteiger partial charge in [0.15, 0.2) is 6.61 Å². The monoisotopic (exact) mass is 423 g/mol. The number of hydrogen-bond acceptors (Lipinski definition) is 4. The molecule has 0 aliphatic heterocycles. The standard InChI is InChI=1S/C24H22ClNO4/c1-16-12-17(2)23(21(25)13-16)26-22(27)15-30-24(28)19-8-10-20(11-9-19)29-14-18-6-4-3-5-7-18/h3-13H,14-15H2,1-2H3,(H,26,27). The van der Waals surface area contributed by atoms with Gasteiger partial charge >= 0.3 is 5.97 Å². The zero-order valence-electron chi connectivity index (χ0n) is 16.8. The fourth-order valence-electron chi connectivity index (χ4n) is 2.89. The van der Waals surface area contributed by atoms with Crippen molar-refractivity contribution in [3.8, 4) is 5.75 Å². The predicted molar refractivity (Wildman–Crippen MR) is 117 cm³/mol. The van der Waals surface area contributed by atoms with Gasteiger partial charge < -0.3 is 14.8 Å². The molecule has 0 fully saturated rings. The van der Waals surface area contributed by atoms with E-state index in [0.717, 1.165) is 16.7 Å². The molecule has 0 atom stereocenters. The zero-order valence-corrected chi connectivity index (χ0v) is 17.5. The Kier molecular flexibility index (Phi) is 7.09. The number of amides is 1. The van der Waals surface area contributed by atoms with Gasteiger partial charge in [0, 0.05) is 0 Å². The number of nitrogens with one attached hydrogen (secondary N) is 1. The number of aryl methyl sites for hydroxylation is 2. The molecule has 5 nitrogen and oxygen atoms in total. The molecule has 0 bridgehead atoms. The van der Waals surface area contributed by atoms with Crippen LogP contribution in [-0.4, -0.2) is 18.5 Å². The lowest BCUT2D eigenvalue weighted by atomic mass is 10.1. The highest BCUT2D eigenvalue weighted by molar-refractivity contribution is 6.34. The van der Waals surface area contributed by atoms with Gasteiger partial charge in [0.25, 0.3) is 5.91 Å². The van der Waals surface area contributed by atoms with Gasteiger partial charge in [0.1, 0.15) is 12.4 Å². The molecule has 0 unspecified atom stereocenters. The molecule has 1 amide bonds. The summed E-state index contributed by atoms with van der Waals surface area (Å²) in [6.07, 6.45) is 0. The smallest absolute Gasteiger partial charge is 0.338 e. The fraction of sp³-hybridized carbons (Fsp3) is 0.167. The molecule has 154 valence electrons. The quantitative estimate of drug-likeness (QED) is 0.521. The van der Waals surface area contributed by atoms with Gasteiger partial charge in [-0.15, -0.1) is 0 Å². The molecular formula is C24H22ClNO4. The molecule has 6 heteroatoms. The van der Waals surface area contributed by atoms with E-state index in [0.29, 0.717) is 28.6 Å². The molecule has 30 heavy (non-hydrogen) atoms. The maximum absolute atomic E-state index is 12.2. The van der Waals surface area contributed by atoms with E-state index in [1.165, 1.54) is 0 Å². The number of benzene rings is 3. The molecule has 0 saturated heterocycles. The summed E-state index contributed by atoms with van der Waals surface area (Å²) in [4.78, 5) is 24.3. The Morgan fingerprint density at radius 1 is 0.967 bits per heavy atom. The third-order valence-corrected chi connectivity index (χ3v) is 4.67. The van der Waals surface area contributed by atoms with E-state index in [1.54, 1.807) is 30.3 Å². The van der Waals surface area contributed by atoms with Crippen LogP contribution in [0.25, 0.3) is 0 Å². The van der Waals surface area contributed by atoms with Gasteiger partial charge in [-0.2, -0.15) is 0 Å². The minimum absolute atomic E-state index is 0.333. The summed E-state index contributed by atoms with van der Waals surface area (Å²) < 4.78 is 10.8. The zero-order chi connectivity index (χ0) is 21.5. The van der Waals surface area contributed by atoms with Crippen LogP contribution in [0.5, 0.6) is 5.75 Å². The summed E-state index contributed by atoms with van der Waals surface area (Å²) in [6.45, 7) is 3.80. The van der Waals surface area contributed by atoms with E-state index >= 15 is 0 Å². The average Bonchev–Trinajstić information content (AvgIpc) is 2.74. The van der Waals surface area contributed by atoms with Gasteiger partial charge in [-0.25, -0.2) is 4.79 Å². The molecule has 1 N–H and O–H groups in total. The van der Waals surface area contributed by atoms with Gasteiger partial charge in [0.2, 0.25) is 0 Å². The van der Waals surface area contributed by atoms with Crippen LogP contribution in [0.3, 0.4) is 0 Å². The normalized spacial score (nSPS) is 10.4. The van der Waals surface area contributed by atoms with E-state index < -0.39 is 18.5 Å². The maximum atomic E-state index is 12.2. The molecule has 0 aliphatic carbocycles. The molecule has 0 heterocycles. The van der Waals surface area contributed by atoms with Crippen LogP contribution in [0.2, 0.25) is 5.02 Å². The average molecular weight is 424 g/mol. The molecule has 3 aromatic carbocycles.